The lowest BCUT2D eigenvalue weighted by molar-refractivity contribution is 0.106. The lowest BCUT2D eigenvalue weighted by Gasteiger charge is -2.20. The predicted molar refractivity (Wildman–Crippen MR) is 115 cm³/mol. The average Bonchev–Trinajstić information content (AvgIpc) is 3.28. The number of halogens is 1. The van der Waals surface area contributed by atoms with Gasteiger partial charge in [0.15, 0.2) is 5.96 Å². The molecule has 3 rings (SSSR count). The highest BCUT2D eigenvalue weighted by Gasteiger charge is 2.23. The second-order valence-electron chi connectivity index (χ2n) is 6.60. The van der Waals surface area contributed by atoms with Crippen LogP contribution < -0.4 is 15.5 Å². The SMILES string of the molecule is CCNC(=NCCC1CCCO1)NC1CCN(c2ccccc2)C1.I. The molecule has 0 aliphatic carbocycles. The lowest BCUT2D eigenvalue weighted by Crippen LogP contribution is -2.44. The van der Waals surface area contributed by atoms with Gasteiger partial charge in [0.05, 0.1) is 6.10 Å². The van der Waals surface area contributed by atoms with Crippen molar-refractivity contribution in [1.82, 2.24) is 10.6 Å². The third-order valence-electron chi connectivity index (χ3n) is 4.74. The molecule has 1 aromatic rings. The van der Waals surface area contributed by atoms with E-state index in [-0.39, 0.29) is 24.0 Å². The number of rotatable bonds is 6. The van der Waals surface area contributed by atoms with Crippen molar-refractivity contribution < 1.29 is 4.74 Å². The van der Waals surface area contributed by atoms with Gasteiger partial charge in [-0.05, 0) is 44.7 Å². The van der Waals surface area contributed by atoms with Gasteiger partial charge in [-0.25, -0.2) is 0 Å². The molecular formula is C19H31IN4O. The van der Waals surface area contributed by atoms with Crippen molar-refractivity contribution in [3.63, 3.8) is 0 Å². The highest BCUT2D eigenvalue weighted by molar-refractivity contribution is 14.0. The van der Waals surface area contributed by atoms with Crippen molar-refractivity contribution in [2.45, 2.75) is 44.8 Å². The van der Waals surface area contributed by atoms with Gasteiger partial charge in [-0.3, -0.25) is 4.99 Å². The van der Waals surface area contributed by atoms with Gasteiger partial charge in [0.1, 0.15) is 0 Å². The Morgan fingerprint density at radius 1 is 1.28 bits per heavy atom. The molecule has 2 aliphatic heterocycles. The molecule has 25 heavy (non-hydrogen) atoms. The van der Waals surface area contributed by atoms with E-state index in [2.05, 4.69) is 52.8 Å². The molecule has 5 nitrogen and oxygen atoms in total. The van der Waals surface area contributed by atoms with Crippen molar-refractivity contribution in [1.29, 1.82) is 0 Å². The summed E-state index contributed by atoms with van der Waals surface area (Å²) in [5.74, 6) is 0.940. The van der Waals surface area contributed by atoms with E-state index in [1.165, 1.54) is 18.5 Å². The third kappa shape index (κ3) is 6.33. The fourth-order valence-corrected chi connectivity index (χ4v) is 3.46. The minimum Gasteiger partial charge on any atom is -0.378 e. The Bertz CT molecular complexity index is 519. The number of nitrogens with zero attached hydrogens (tertiary/aromatic N) is 2. The van der Waals surface area contributed by atoms with Crippen LogP contribution in [0.2, 0.25) is 0 Å². The highest BCUT2D eigenvalue weighted by Crippen LogP contribution is 2.19. The van der Waals surface area contributed by atoms with Crippen LogP contribution in [-0.4, -0.2) is 50.9 Å². The number of hydrogen-bond donors (Lipinski definition) is 2. The Kier molecular flexibility index (Phi) is 8.81. The third-order valence-corrected chi connectivity index (χ3v) is 4.74. The summed E-state index contributed by atoms with van der Waals surface area (Å²) in [5.41, 5.74) is 1.31. The zero-order valence-electron chi connectivity index (χ0n) is 15.1. The Hall–Kier alpha value is -1.02. The van der Waals surface area contributed by atoms with Crippen LogP contribution in [0, 0.1) is 0 Å². The van der Waals surface area contributed by atoms with E-state index >= 15 is 0 Å². The van der Waals surface area contributed by atoms with E-state index in [0.29, 0.717) is 12.1 Å². The van der Waals surface area contributed by atoms with Gasteiger partial charge in [-0.2, -0.15) is 0 Å². The largest absolute Gasteiger partial charge is 0.378 e. The molecule has 0 saturated carbocycles. The molecule has 2 saturated heterocycles. The van der Waals surface area contributed by atoms with Gasteiger partial charge in [-0.1, -0.05) is 18.2 Å². The van der Waals surface area contributed by atoms with Crippen LogP contribution in [0.25, 0.3) is 0 Å². The van der Waals surface area contributed by atoms with Crippen LogP contribution in [0.3, 0.4) is 0 Å². The lowest BCUT2D eigenvalue weighted by atomic mass is 10.2. The van der Waals surface area contributed by atoms with Crippen LogP contribution in [-0.2, 0) is 4.74 Å². The van der Waals surface area contributed by atoms with Gasteiger partial charge >= 0.3 is 0 Å². The maximum absolute atomic E-state index is 5.67. The highest BCUT2D eigenvalue weighted by atomic mass is 127. The van der Waals surface area contributed by atoms with Gasteiger partial charge in [-0.15, -0.1) is 24.0 Å². The molecule has 0 bridgehead atoms. The average molecular weight is 458 g/mol. The molecule has 2 atom stereocenters. The van der Waals surface area contributed by atoms with Gasteiger partial charge < -0.3 is 20.3 Å². The summed E-state index contributed by atoms with van der Waals surface area (Å²) in [6.07, 6.45) is 4.97. The number of guanidine groups is 1. The van der Waals surface area contributed by atoms with Crippen LogP contribution in [0.15, 0.2) is 35.3 Å². The monoisotopic (exact) mass is 458 g/mol. The smallest absolute Gasteiger partial charge is 0.191 e. The Balaban J connectivity index is 0.00000225. The summed E-state index contributed by atoms with van der Waals surface area (Å²) < 4.78 is 5.67. The summed E-state index contributed by atoms with van der Waals surface area (Å²) in [4.78, 5) is 7.17. The van der Waals surface area contributed by atoms with Gasteiger partial charge in [0, 0.05) is 44.5 Å². The fraction of sp³-hybridized carbons (Fsp3) is 0.632. The molecule has 140 valence electrons. The second-order valence-corrected chi connectivity index (χ2v) is 6.60. The summed E-state index contributed by atoms with van der Waals surface area (Å²) >= 11 is 0. The normalized spacial score (nSPS) is 23.4. The zero-order valence-corrected chi connectivity index (χ0v) is 17.4. The van der Waals surface area contributed by atoms with Crippen LogP contribution in [0.5, 0.6) is 0 Å². The van der Waals surface area contributed by atoms with Crippen LogP contribution >= 0.6 is 24.0 Å². The second kappa shape index (κ2) is 10.9. The quantitative estimate of drug-likeness (QED) is 0.391. The van der Waals surface area contributed by atoms with Crippen molar-refractivity contribution in [2.24, 2.45) is 4.99 Å². The topological polar surface area (TPSA) is 48.9 Å². The first kappa shape index (κ1) is 20.3. The van der Waals surface area contributed by atoms with Gasteiger partial charge in [0.25, 0.3) is 0 Å². The van der Waals surface area contributed by atoms with Crippen molar-refractivity contribution in [3.05, 3.63) is 30.3 Å². The molecular weight excluding hydrogens is 427 g/mol. The first-order chi connectivity index (χ1) is 11.8. The summed E-state index contributed by atoms with van der Waals surface area (Å²) in [6, 6.07) is 11.1. The molecule has 2 heterocycles. The molecule has 2 unspecified atom stereocenters. The Morgan fingerprint density at radius 2 is 2.12 bits per heavy atom. The number of aliphatic imine (C=N–C) groups is 1. The number of anilines is 1. The maximum atomic E-state index is 5.67. The predicted octanol–water partition coefficient (Wildman–Crippen LogP) is 3.01. The van der Waals surface area contributed by atoms with E-state index in [0.717, 1.165) is 51.6 Å². The molecule has 0 aromatic heterocycles. The number of hydrogen-bond acceptors (Lipinski definition) is 3. The minimum atomic E-state index is 0. The zero-order chi connectivity index (χ0) is 16.6. The van der Waals surface area contributed by atoms with Gasteiger partial charge in [0.2, 0.25) is 0 Å². The summed E-state index contributed by atoms with van der Waals surface area (Å²) in [5, 5.41) is 6.97. The number of benzene rings is 1. The van der Waals surface area contributed by atoms with E-state index < -0.39 is 0 Å². The molecule has 0 spiro atoms. The molecule has 0 radical (unpaired) electrons. The Labute approximate surface area is 168 Å². The van der Waals surface area contributed by atoms with Crippen molar-refractivity contribution in [2.75, 3.05) is 37.7 Å². The minimum absolute atomic E-state index is 0. The first-order valence-corrected chi connectivity index (χ1v) is 9.31. The first-order valence-electron chi connectivity index (χ1n) is 9.31. The number of nitrogens with one attached hydrogen (secondary N) is 2. The van der Waals surface area contributed by atoms with E-state index in [1.54, 1.807) is 0 Å². The molecule has 1 aromatic carbocycles. The Morgan fingerprint density at radius 3 is 2.84 bits per heavy atom. The molecule has 6 heteroatoms. The molecule has 2 fully saturated rings. The summed E-state index contributed by atoms with van der Waals surface area (Å²) in [7, 11) is 0. The van der Waals surface area contributed by atoms with Crippen LogP contribution in [0.1, 0.15) is 32.6 Å². The van der Waals surface area contributed by atoms with Crippen molar-refractivity contribution in [3.8, 4) is 0 Å². The van der Waals surface area contributed by atoms with Crippen LogP contribution in [0.4, 0.5) is 5.69 Å². The summed E-state index contributed by atoms with van der Waals surface area (Å²) in [6.45, 7) is 6.87. The molecule has 2 N–H and O–H groups in total. The standard InChI is InChI=1S/C19H30N4O.HI/c1-2-20-19(21-12-10-18-9-6-14-24-18)22-16-11-13-23(15-16)17-7-4-3-5-8-17;/h3-5,7-8,16,18H,2,6,9-15H2,1H3,(H2,20,21,22);1H. The van der Waals surface area contributed by atoms with Crippen molar-refractivity contribution >= 4 is 35.6 Å². The van der Waals surface area contributed by atoms with E-state index in [1.807, 2.05) is 0 Å². The number of para-hydroxylation sites is 1. The molecule has 0 amide bonds. The number of ether oxygens (including phenoxy) is 1. The molecule has 2 aliphatic rings. The fourth-order valence-electron chi connectivity index (χ4n) is 3.46. The maximum Gasteiger partial charge on any atom is 0.191 e. The van der Waals surface area contributed by atoms with E-state index in [9.17, 15) is 0 Å². The van der Waals surface area contributed by atoms with E-state index in [4.69, 9.17) is 9.73 Å².